The highest BCUT2D eigenvalue weighted by atomic mass is 32.2. The Hall–Kier alpha value is -1.96. The van der Waals surface area contributed by atoms with Crippen LogP contribution in [0.2, 0.25) is 0 Å². The Balaban J connectivity index is 1.80. The molecule has 1 aliphatic rings. The van der Waals surface area contributed by atoms with Crippen molar-refractivity contribution in [3.8, 4) is 0 Å². The monoisotopic (exact) mass is 337 g/mol. The van der Waals surface area contributed by atoms with Gasteiger partial charge in [0, 0.05) is 11.3 Å². The average Bonchev–Trinajstić information content (AvgIpc) is 3.01. The van der Waals surface area contributed by atoms with Gasteiger partial charge in [-0.05, 0) is 42.8 Å². The number of benzene rings is 2. The fourth-order valence-corrected chi connectivity index (χ4v) is 3.67. The Morgan fingerprint density at radius 3 is 2.35 bits per heavy atom. The molecule has 2 aromatic carbocycles. The first kappa shape index (κ1) is 15.9. The Kier molecular flexibility index (Phi) is 4.34. The molecule has 1 N–H and O–H groups in total. The molecular weight excluding hydrogens is 321 g/mol. The van der Waals surface area contributed by atoms with E-state index in [9.17, 15) is 12.8 Å². The average molecular weight is 337 g/mol. The predicted molar refractivity (Wildman–Crippen MR) is 83.0 cm³/mol. The van der Waals surface area contributed by atoms with Crippen molar-refractivity contribution < 1.29 is 22.3 Å². The third kappa shape index (κ3) is 3.52. The molecule has 1 aliphatic heterocycles. The minimum Gasteiger partial charge on any atom is -0.346 e. The van der Waals surface area contributed by atoms with Crippen molar-refractivity contribution in [1.82, 2.24) is 0 Å². The molecule has 0 amide bonds. The zero-order valence-electron chi connectivity index (χ0n) is 12.5. The second-order valence-corrected chi connectivity index (χ2v) is 6.86. The standard InChI is InChI=1S/C16H16FNO4S/c1-11-10-13(17)4-7-15(11)23(19,20)18-14-5-2-12(3-6-14)16-21-8-9-22-16/h2-7,10,16,18H,8-9H2,1H3. The summed E-state index contributed by atoms with van der Waals surface area (Å²) in [6.07, 6.45) is -0.403. The van der Waals surface area contributed by atoms with Crippen LogP contribution < -0.4 is 4.72 Å². The molecule has 122 valence electrons. The highest BCUT2D eigenvalue weighted by molar-refractivity contribution is 7.92. The second kappa shape index (κ2) is 6.27. The number of hydrogen-bond acceptors (Lipinski definition) is 4. The van der Waals surface area contributed by atoms with Crippen LogP contribution in [0.3, 0.4) is 0 Å². The highest BCUT2D eigenvalue weighted by Crippen LogP contribution is 2.25. The van der Waals surface area contributed by atoms with E-state index < -0.39 is 22.1 Å². The molecule has 5 nitrogen and oxygen atoms in total. The smallest absolute Gasteiger partial charge is 0.262 e. The van der Waals surface area contributed by atoms with E-state index in [1.165, 1.54) is 12.1 Å². The fraction of sp³-hybridized carbons (Fsp3) is 0.250. The van der Waals surface area contributed by atoms with Gasteiger partial charge >= 0.3 is 0 Å². The van der Waals surface area contributed by atoms with Gasteiger partial charge in [0.25, 0.3) is 10.0 Å². The van der Waals surface area contributed by atoms with Gasteiger partial charge in [-0.3, -0.25) is 4.72 Å². The highest BCUT2D eigenvalue weighted by Gasteiger charge is 2.20. The number of anilines is 1. The molecule has 1 heterocycles. The number of nitrogens with one attached hydrogen (secondary N) is 1. The van der Waals surface area contributed by atoms with Crippen LogP contribution in [0.4, 0.5) is 10.1 Å². The zero-order chi connectivity index (χ0) is 16.4. The van der Waals surface area contributed by atoms with Gasteiger partial charge in [0.15, 0.2) is 6.29 Å². The molecule has 0 atom stereocenters. The normalized spacial score (nSPS) is 15.7. The number of hydrogen-bond donors (Lipinski definition) is 1. The van der Waals surface area contributed by atoms with Gasteiger partial charge < -0.3 is 9.47 Å². The van der Waals surface area contributed by atoms with Crippen molar-refractivity contribution >= 4 is 15.7 Å². The van der Waals surface area contributed by atoms with E-state index in [0.717, 1.165) is 11.6 Å². The Labute approximate surface area is 134 Å². The van der Waals surface area contributed by atoms with E-state index in [4.69, 9.17) is 9.47 Å². The lowest BCUT2D eigenvalue weighted by molar-refractivity contribution is -0.0441. The van der Waals surface area contributed by atoms with E-state index in [-0.39, 0.29) is 4.90 Å². The van der Waals surface area contributed by atoms with E-state index in [1.54, 1.807) is 31.2 Å². The summed E-state index contributed by atoms with van der Waals surface area (Å²) in [5.74, 6) is -0.470. The van der Waals surface area contributed by atoms with E-state index in [2.05, 4.69) is 4.72 Å². The molecular formula is C16H16FNO4S. The second-order valence-electron chi connectivity index (χ2n) is 5.21. The third-order valence-corrected chi connectivity index (χ3v) is 5.02. The maximum Gasteiger partial charge on any atom is 0.262 e. The molecule has 23 heavy (non-hydrogen) atoms. The molecule has 7 heteroatoms. The van der Waals surface area contributed by atoms with Gasteiger partial charge in [-0.25, -0.2) is 12.8 Å². The zero-order valence-corrected chi connectivity index (χ0v) is 13.3. The van der Waals surface area contributed by atoms with Gasteiger partial charge in [-0.15, -0.1) is 0 Å². The van der Waals surface area contributed by atoms with Crippen LogP contribution in [0.25, 0.3) is 0 Å². The minimum absolute atomic E-state index is 0.0467. The van der Waals surface area contributed by atoms with Crippen molar-refractivity contribution in [3.63, 3.8) is 0 Å². The SMILES string of the molecule is Cc1cc(F)ccc1S(=O)(=O)Nc1ccc(C2OCCO2)cc1. The first-order valence-electron chi connectivity index (χ1n) is 7.08. The summed E-state index contributed by atoms with van der Waals surface area (Å²) < 4.78 is 51.1. The Bertz CT molecular complexity index is 799. The van der Waals surface area contributed by atoms with E-state index in [0.29, 0.717) is 24.5 Å². The lowest BCUT2D eigenvalue weighted by atomic mass is 10.2. The summed E-state index contributed by atoms with van der Waals surface area (Å²) in [5.41, 5.74) is 1.58. The quantitative estimate of drug-likeness (QED) is 0.931. The number of aryl methyl sites for hydroxylation is 1. The van der Waals surface area contributed by atoms with Crippen molar-refractivity contribution in [2.75, 3.05) is 17.9 Å². The number of ether oxygens (including phenoxy) is 2. The first-order chi connectivity index (χ1) is 11.0. The van der Waals surface area contributed by atoms with Gasteiger partial charge in [-0.2, -0.15) is 0 Å². The molecule has 0 unspecified atom stereocenters. The van der Waals surface area contributed by atoms with Crippen LogP contribution in [-0.2, 0) is 19.5 Å². The van der Waals surface area contributed by atoms with Crippen molar-refractivity contribution in [2.24, 2.45) is 0 Å². The van der Waals surface area contributed by atoms with Crippen LogP contribution in [0, 0.1) is 12.7 Å². The van der Waals surface area contributed by atoms with E-state index >= 15 is 0 Å². The molecule has 0 saturated carbocycles. The number of sulfonamides is 1. The van der Waals surface area contributed by atoms with Gasteiger partial charge in [0.05, 0.1) is 18.1 Å². The Morgan fingerprint density at radius 1 is 1.09 bits per heavy atom. The summed E-state index contributed by atoms with van der Waals surface area (Å²) in [6.45, 7) is 2.64. The lowest BCUT2D eigenvalue weighted by Gasteiger charge is -2.12. The van der Waals surface area contributed by atoms with Crippen LogP contribution in [0.1, 0.15) is 17.4 Å². The van der Waals surface area contributed by atoms with Crippen LogP contribution in [0.5, 0.6) is 0 Å². The fourth-order valence-electron chi connectivity index (χ4n) is 2.38. The third-order valence-electron chi connectivity index (χ3n) is 3.48. The van der Waals surface area contributed by atoms with Gasteiger partial charge in [0.2, 0.25) is 0 Å². The number of halogens is 1. The molecule has 0 radical (unpaired) electrons. The Morgan fingerprint density at radius 2 is 1.74 bits per heavy atom. The summed E-state index contributed by atoms with van der Waals surface area (Å²) in [6, 6.07) is 10.3. The van der Waals surface area contributed by atoms with Gasteiger partial charge in [0.1, 0.15) is 5.82 Å². The van der Waals surface area contributed by atoms with Gasteiger partial charge in [-0.1, -0.05) is 12.1 Å². The minimum atomic E-state index is -3.77. The topological polar surface area (TPSA) is 64.6 Å². The maximum absolute atomic E-state index is 13.1. The van der Waals surface area contributed by atoms with Crippen molar-refractivity contribution in [3.05, 3.63) is 59.4 Å². The van der Waals surface area contributed by atoms with E-state index in [1.807, 2.05) is 0 Å². The lowest BCUT2D eigenvalue weighted by Crippen LogP contribution is -2.14. The molecule has 0 spiro atoms. The van der Waals surface area contributed by atoms with Crippen LogP contribution >= 0.6 is 0 Å². The summed E-state index contributed by atoms with van der Waals surface area (Å²) in [5, 5.41) is 0. The van der Waals surface area contributed by atoms with Crippen molar-refractivity contribution in [2.45, 2.75) is 18.1 Å². The predicted octanol–water partition coefficient (Wildman–Crippen LogP) is 2.98. The molecule has 1 saturated heterocycles. The molecule has 2 aromatic rings. The van der Waals surface area contributed by atoms with Crippen LogP contribution in [-0.4, -0.2) is 21.6 Å². The molecule has 0 aromatic heterocycles. The summed E-state index contributed by atoms with van der Waals surface area (Å²) in [4.78, 5) is 0.0467. The largest absolute Gasteiger partial charge is 0.346 e. The maximum atomic E-state index is 13.1. The van der Waals surface area contributed by atoms with Crippen molar-refractivity contribution in [1.29, 1.82) is 0 Å². The number of rotatable bonds is 4. The summed E-state index contributed by atoms with van der Waals surface area (Å²) >= 11 is 0. The van der Waals surface area contributed by atoms with Crippen LogP contribution in [0.15, 0.2) is 47.4 Å². The molecule has 1 fully saturated rings. The molecule has 0 aliphatic carbocycles. The molecule has 0 bridgehead atoms. The first-order valence-corrected chi connectivity index (χ1v) is 8.56. The summed E-state index contributed by atoms with van der Waals surface area (Å²) in [7, 11) is -3.77. The molecule has 3 rings (SSSR count).